The molecule has 0 saturated carbocycles. The van der Waals surface area contributed by atoms with E-state index in [0.29, 0.717) is 5.92 Å². The zero-order valence-electron chi connectivity index (χ0n) is 16.0. The molecule has 2 heterocycles. The van der Waals surface area contributed by atoms with Crippen molar-refractivity contribution >= 4 is 11.5 Å². The minimum Gasteiger partial charge on any atom is -0.457 e. The van der Waals surface area contributed by atoms with Crippen molar-refractivity contribution in [3.8, 4) is 22.8 Å². The summed E-state index contributed by atoms with van der Waals surface area (Å²) in [5, 5.41) is 8.31. The molecule has 144 valence electrons. The van der Waals surface area contributed by atoms with Crippen LogP contribution in [0.2, 0.25) is 0 Å². The molecule has 1 unspecified atom stereocenters. The van der Waals surface area contributed by atoms with Crippen molar-refractivity contribution in [2.75, 3.05) is 17.6 Å². The minimum atomic E-state index is 0.348. The van der Waals surface area contributed by atoms with E-state index in [1.165, 1.54) is 5.56 Å². The van der Waals surface area contributed by atoms with Crippen LogP contribution in [0.3, 0.4) is 0 Å². The molecule has 0 bridgehead atoms. The van der Waals surface area contributed by atoms with Crippen LogP contribution >= 0.6 is 0 Å². The summed E-state index contributed by atoms with van der Waals surface area (Å²) in [6.45, 7) is 1.71. The highest BCUT2D eigenvalue weighted by atomic mass is 16.5. The standard InChI is InChI=1S/C24H22N4O/c25-20-6-4-5-18(13-20)19-15-26-24-14-23(27-28(24)16-19)17-9-11-22(12-10-17)29-21-7-2-1-3-8-21/h1-14,19,26H,15-16,25H2. The first-order valence-corrected chi connectivity index (χ1v) is 9.75. The maximum Gasteiger partial charge on any atom is 0.127 e. The van der Waals surface area contributed by atoms with Gasteiger partial charge in [0.2, 0.25) is 0 Å². The van der Waals surface area contributed by atoms with E-state index >= 15 is 0 Å². The fourth-order valence-corrected chi connectivity index (χ4v) is 3.69. The predicted octanol–water partition coefficient (Wildman–Crippen LogP) is 5.13. The van der Waals surface area contributed by atoms with Gasteiger partial charge in [0.15, 0.2) is 0 Å². The minimum absolute atomic E-state index is 0.348. The van der Waals surface area contributed by atoms with Crippen LogP contribution in [-0.4, -0.2) is 16.3 Å². The molecule has 0 aliphatic carbocycles. The average molecular weight is 382 g/mol. The summed E-state index contributed by atoms with van der Waals surface area (Å²) in [6, 6.07) is 28.0. The second-order valence-corrected chi connectivity index (χ2v) is 7.28. The summed E-state index contributed by atoms with van der Waals surface area (Å²) in [7, 11) is 0. The summed E-state index contributed by atoms with van der Waals surface area (Å²) < 4.78 is 7.92. The summed E-state index contributed by atoms with van der Waals surface area (Å²) in [6.07, 6.45) is 0. The van der Waals surface area contributed by atoms with E-state index in [2.05, 4.69) is 17.4 Å². The number of benzene rings is 3. The van der Waals surface area contributed by atoms with Gasteiger partial charge in [-0.2, -0.15) is 5.10 Å². The number of aromatic nitrogens is 2. The van der Waals surface area contributed by atoms with Crippen molar-refractivity contribution in [3.63, 3.8) is 0 Å². The summed E-state index contributed by atoms with van der Waals surface area (Å²) in [5.74, 6) is 3.03. The van der Waals surface area contributed by atoms with E-state index in [0.717, 1.165) is 47.4 Å². The molecule has 0 fully saturated rings. The summed E-state index contributed by atoms with van der Waals surface area (Å²) >= 11 is 0. The van der Waals surface area contributed by atoms with Gasteiger partial charge < -0.3 is 15.8 Å². The number of nitrogens with one attached hydrogen (secondary N) is 1. The number of hydrogen-bond acceptors (Lipinski definition) is 4. The molecule has 1 atom stereocenters. The first kappa shape index (κ1) is 17.4. The third kappa shape index (κ3) is 3.67. The maximum absolute atomic E-state index is 5.95. The highest BCUT2D eigenvalue weighted by Crippen LogP contribution is 2.31. The normalized spacial score (nSPS) is 15.4. The Morgan fingerprint density at radius 3 is 2.48 bits per heavy atom. The number of para-hydroxylation sites is 1. The van der Waals surface area contributed by atoms with E-state index in [-0.39, 0.29) is 0 Å². The zero-order chi connectivity index (χ0) is 19.6. The number of nitrogens with two attached hydrogens (primary N) is 1. The molecule has 4 aromatic rings. The number of rotatable bonds is 4. The van der Waals surface area contributed by atoms with Gasteiger partial charge >= 0.3 is 0 Å². The van der Waals surface area contributed by atoms with Crippen LogP contribution in [0.5, 0.6) is 11.5 Å². The Bertz CT molecular complexity index is 1120. The van der Waals surface area contributed by atoms with E-state index in [9.17, 15) is 0 Å². The van der Waals surface area contributed by atoms with Crippen LogP contribution in [0.25, 0.3) is 11.3 Å². The van der Waals surface area contributed by atoms with Gasteiger partial charge in [-0.05, 0) is 54.1 Å². The van der Waals surface area contributed by atoms with Crippen LogP contribution < -0.4 is 15.8 Å². The van der Waals surface area contributed by atoms with Crippen LogP contribution in [0.15, 0.2) is 84.9 Å². The number of ether oxygens (including phenoxy) is 1. The van der Waals surface area contributed by atoms with Gasteiger partial charge in [-0.25, -0.2) is 4.68 Å². The summed E-state index contributed by atoms with van der Waals surface area (Å²) in [5.41, 5.74) is 10.0. The molecule has 3 aromatic carbocycles. The third-order valence-electron chi connectivity index (χ3n) is 5.21. The molecule has 29 heavy (non-hydrogen) atoms. The van der Waals surface area contributed by atoms with Gasteiger partial charge in [-0.3, -0.25) is 0 Å². The SMILES string of the molecule is Nc1cccc(C2CNc3cc(-c4ccc(Oc5ccccc5)cc4)nn3C2)c1. The highest BCUT2D eigenvalue weighted by molar-refractivity contribution is 5.64. The Morgan fingerprint density at radius 1 is 0.897 bits per heavy atom. The Labute approximate surface area is 169 Å². The van der Waals surface area contributed by atoms with E-state index in [1.54, 1.807) is 0 Å². The lowest BCUT2D eigenvalue weighted by atomic mass is 9.97. The first-order valence-electron chi connectivity index (χ1n) is 9.75. The van der Waals surface area contributed by atoms with Crippen molar-refractivity contribution in [2.24, 2.45) is 0 Å². The molecule has 5 rings (SSSR count). The molecule has 0 amide bonds. The molecule has 1 aliphatic heterocycles. The van der Waals surface area contributed by atoms with E-state index < -0.39 is 0 Å². The Hall–Kier alpha value is -3.73. The molecule has 1 aliphatic rings. The number of hydrogen-bond donors (Lipinski definition) is 2. The van der Waals surface area contributed by atoms with Crippen molar-refractivity contribution in [3.05, 3.63) is 90.5 Å². The molecule has 5 heteroatoms. The Balaban J connectivity index is 1.33. The molecule has 0 saturated heterocycles. The monoisotopic (exact) mass is 382 g/mol. The van der Waals surface area contributed by atoms with E-state index in [4.69, 9.17) is 15.6 Å². The molecule has 5 nitrogen and oxygen atoms in total. The van der Waals surface area contributed by atoms with Crippen molar-refractivity contribution in [2.45, 2.75) is 12.5 Å². The van der Waals surface area contributed by atoms with Gasteiger partial charge in [0.1, 0.15) is 17.3 Å². The summed E-state index contributed by atoms with van der Waals surface area (Å²) in [4.78, 5) is 0. The lowest BCUT2D eigenvalue weighted by Gasteiger charge is -2.25. The lowest BCUT2D eigenvalue weighted by Crippen LogP contribution is -2.26. The average Bonchev–Trinajstić information content (AvgIpc) is 3.18. The first-order chi connectivity index (χ1) is 14.2. The molecular formula is C24H22N4O. The second-order valence-electron chi connectivity index (χ2n) is 7.28. The number of anilines is 2. The molecule has 3 N–H and O–H groups in total. The maximum atomic E-state index is 5.95. The van der Waals surface area contributed by atoms with E-state index in [1.807, 2.05) is 77.5 Å². The zero-order valence-corrected chi connectivity index (χ0v) is 16.0. The Morgan fingerprint density at radius 2 is 1.69 bits per heavy atom. The van der Waals surface area contributed by atoms with Gasteiger partial charge in [0.25, 0.3) is 0 Å². The van der Waals surface area contributed by atoms with Gasteiger partial charge in [0, 0.05) is 29.8 Å². The van der Waals surface area contributed by atoms with Crippen LogP contribution in [0.1, 0.15) is 11.5 Å². The smallest absolute Gasteiger partial charge is 0.127 e. The van der Waals surface area contributed by atoms with Crippen LogP contribution in [-0.2, 0) is 6.54 Å². The van der Waals surface area contributed by atoms with Crippen molar-refractivity contribution in [1.82, 2.24) is 9.78 Å². The predicted molar refractivity (Wildman–Crippen MR) is 116 cm³/mol. The number of fused-ring (bicyclic) bond motifs is 1. The molecule has 0 radical (unpaired) electrons. The van der Waals surface area contributed by atoms with Gasteiger partial charge in [0.05, 0.1) is 12.2 Å². The lowest BCUT2D eigenvalue weighted by molar-refractivity contribution is 0.483. The fourth-order valence-electron chi connectivity index (χ4n) is 3.69. The van der Waals surface area contributed by atoms with Crippen LogP contribution in [0, 0.1) is 0 Å². The largest absolute Gasteiger partial charge is 0.457 e. The Kier molecular flexibility index (Phi) is 4.41. The highest BCUT2D eigenvalue weighted by Gasteiger charge is 2.21. The van der Waals surface area contributed by atoms with Crippen LogP contribution in [0.4, 0.5) is 11.5 Å². The van der Waals surface area contributed by atoms with Gasteiger partial charge in [-0.15, -0.1) is 0 Å². The van der Waals surface area contributed by atoms with Gasteiger partial charge in [-0.1, -0.05) is 30.3 Å². The fraction of sp³-hybridized carbons (Fsp3) is 0.125. The second kappa shape index (κ2) is 7.36. The topological polar surface area (TPSA) is 65.1 Å². The number of nitrogen functional groups attached to an aromatic ring is 1. The molecule has 1 aromatic heterocycles. The molecule has 0 spiro atoms. The van der Waals surface area contributed by atoms with Crippen molar-refractivity contribution in [1.29, 1.82) is 0 Å². The van der Waals surface area contributed by atoms with Crippen molar-refractivity contribution < 1.29 is 4.74 Å². The third-order valence-corrected chi connectivity index (χ3v) is 5.21. The molecular weight excluding hydrogens is 360 g/mol. The quantitative estimate of drug-likeness (QED) is 0.480. The number of nitrogens with zero attached hydrogens (tertiary/aromatic N) is 2.